The molecule has 0 spiro atoms. The number of hydrogen-bond acceptors (Lipinski definition) is 1. The van der Waals surface area contributed by atoms with Gasteiger partial charge in [0.25, 0.3) is 0 Å². The summed E-state index contributed by atoms with van der Waals surface area (Å²) < 4.78 is 13.0. The largest absolute Gasteiger partial charge is 0.313 e. The van der Waals surface area contributed by atoms with Crippen molar-refractivity contribution < 1.29 is 4.39 Å². The molecule has 1 saturated heterocycles. The monoisotopic (exact) mass is 157 g/mol. The van der Waals surface area contributed by atoms with Crippen molar-refractivity contribution in [2.24, 2.45) is 11.8 Å². The van der Waals surface area contributed by atoms with Gasteiger partial charge in [-0.15, -0.1) is 0 Å². The molecule has 1 heterocycles. The summed E-state index contributed by atoms with van der Waals surface area (Å²) in [6.07, 6.45) is 2.25. The zero-order chi connectivity index (χ0) is 7.84. The zero-order valence-electron chi connectivity index (χ0n) is 7.02. The molecule has 1 nitrogen and oxygen atoms in total. The lowest BCUT2D eigenvalue weighted by Crippen LogP contribution is -2.40. The average molecular weight is 157 g/mol. The van der Waals surface area contributed by atoms with Crippen LogP contribution in [-0.2, 0) is 0 Å². The number of alkyl halides is 1. The second-order valence-corrected chi connectivity index (χ2v) is 4.07. The van der Waals surface area contributed by atoms with Gasteiger partial charge in [0.2, 0.25) is 0 Å². The molecule has 3 unspecified atom stereocenters. The quantitative estimate of drug-likeness (QED) is 0.564. The Bertz CT molecular complexity index is 148. The van der Waals surface area contributed by atoms with Crippen molar-refractivity contribution in [2.75, 3.05) is 6.54 Å². The lowest BCUT2D eigenvalue weighted by Gasteiger charge is -2.33. The number of rotatable bonds is 0. The predicted molar refractivity (Wildman–Crippen MR) is 43.2 cm³/mol. The molecule has 1 saturated carbocycles. The van der Waals surface area contributed by atoms with Crippen LogP contribution in [0.2, 0.25) is 0 Å². The lowest BCUT2D eigenvalue weighted by atomic mass is 9.78. The molecule has 0 aromatic carbocycles. The molecule has 11 heavy (non-hydrogen) atoms. The minimum Gasteiger partial charge on any atom is -0.313 e. The number of hydrogen-bond donors (Lipinski definition) is 1. The number of nitrogens with one attached hydrogen (secondary N) is 1. The molecule has 2 fully saturated rings. The van der Waals surface area contributed by atoms with Crippen LogP contribution in [0.25, 0.3) is 0 Å². The topological polar surface area (TPSA) is 12.0 Å². The van der Waals surface area contributed by atoms with Crippen molar-refractivity contribution in [1.29, 1.82) is 0 Å². The molecule has 0 bridgehead atoms. The Morgan fingerprint density at radius 2 is 2.18 bits per heavy atom. The Morgan fingerprint density at radius 1 is 1.36 bits per heavy atom. The Kier molecular flexibility index (Phi) is 1.88. The summed E-state index contributed by atoms with van der Waals surface area (Å²) in [5, 5.41) is 3.46. The molecular formula is C9H16FN. The maximum absolute atomic E-state index is 13.0. The van der Waals surface area contributed by atoms with Gasteiger partial charge >= 0.3 is 0 Å². The molecule has 1 aliphatic carbocycles. The highest BCUT2D eigenvalue weighted by Gasteiger charge is 2.37. The summed E-state index contributed by atoms with van der Waals surface area (Å²) in [6.45, 7) is 3.27. The summed E-state index contributed by atoms with van der Waals surface area (Å²) in [5.41, 5.74) is 0. The van der Waals surface area contributed by atoms with Crippen molar-refractivity contribution in [3.05, 3.63) is 0 Å². The Labute approximate surface area is 67.4 Å². The fraction of sp³-hybridized carbons (Fsp3) is 1.00. The SMILES string of the molecule is C[C@@H]1CC(F)CC2CCNC21. The molecular weight excluding hydrogens is 141 g/mol. The van der Waals surface area contributed by atoms with Crippen LogP contribution in [0.4, 0.5) is 4.39 Å². The van der Waals surface area contributed by atoms with E-state index in [1.165, 1.54) is 6.42 Å². The Hall–Kier alpha value is -0.110. The van der Waals surface area contributed by atoms with E-state index in [2.05, 4.69) is 12.2 Å². The highest BCUT2D eigenvalue weighted by molar-refractivity contribution is 4.93. The molecule has 0 amide bonds. The van der Waals surface area contributed by atoms with E-state index < -0.39 is 6.17 Å². The molecule has 1 aliphatic heterocycles. The van der Waals surface area contributed by atoms with E-state index >= 15 is 0 Å². The third-order valence-electron chi connectivity index (χ3n) is 3.20. The first-order valence-electron chi connectivity index (χ1n) is 4.65. The van der Waals surface area contributed by atoms with Gasteiger partial charge in [-0.1, -0.05) is 6.92 Å². The van der Waals surface area contributed by atoms with Crippen molar-refractivity contribution >= 4 is 0 Å². The zero-order valence-corrected chi connectivity index (χ0v) is 7.02. The number of halogens is 1. The van der Waals surface area contributed by atoms with E-state index in [0.717, 1.165) is 19.4 Å². The third kappa shape index (κ3) is 1.28. The molecule has 0 aromatic heterocycles. The summed E-state index contributed by atoms with van der Waals surface area (Å²) in [6, 6.07) is 0.627. The van der Waals surface area contributed by atoms with E-state index in [0.29, 0.717) is 17.9 Å². The van der Waals surface area contributed by atoms with Gasteiger partial charge in [0, 0.05) is 6.04 Å². The van der Waals surface area contributed by atoms with Gasteiger partial charge in [-0.25, -0.2) is 4.39 Å². The van der Waals surface area contributed by atoms with Crippen molar-refractivity contribution in [2.45, 2.75) is 38.4 Å². The average Bonchev–Trinajstić information content (AvgIpc) is 2.34. The molecule has 2 heteroatoms. The number of fused-ring (bicyclic) bond motifs is 1. The van der Waals surface area contributed by atoms with Gasteiger partial charge in [-0.3, -0.25) is 0 Å². The van der Waals surface area contributed by atoms with Crippen LogP contribution in [0.1, 0.15) is 26.2 Å². The standard InChI is InChI=1S/C9H16FN/c1-6-4-8(10)5-7-2-3-11-9(6)7/h6-9,11H,2-5H2,1H3/t6-,7?,8?,9?/m1/s1. The lowest BCUT2D eigenvalue weighted by molar-refractivity contribution is 0.139. The first kappa shape index (κ1) is 7.53. The highest BCUT2D eigenvalue weighted by Crippen LogP contribution is 2.35. The van der Waals surface area contributed by atoms with Gasteiger partial charge in [0.05, 0.1) is 0 Å². The molecule has 0 radical (unpaired) electrons. The second kappa shape index (κ2) is 2.74. The van der Waals surface area contributed by atoms with E-state index in [-0.39, 0.29) is 0 Å². The van der Waals surface area contributed by atoms with Crippen molar-refractivity contribution in [1.82, 2.24) is 5.32 Å². The molecule has 64 valence electrons. The molecule has 2 rings (SSSR count). The molecule has 1 N–H and O–H groups in total. The van der Waals surface area contributed by atoms with Crippen LogP contribution in [0.3, 0.4) is 0 Å². The summed E-state index contributed by atoms with van der Waals surface area (Å²) in [5.74, 6) is 1.18. The first-order valence-corrected chi connectivity index (χ1v) is 4.65. The van der Waals surface area contributed by atoms with Crippen LogP contribution >= 0.6 is 0 Å². The smallest absolute Gasteiger partial charge is 0.101 e. The van der Waals surface area contributed by atoms with E-state index in [1.807, 2.05) is 0 Å². The van der Waals surface area contributed by atoms with E-state index in [9.17, 15) is 4.39 Å². The van der Waals surface area contributed by atoms with E-state index in [4.69, 9.17) is 0 Å². The Balaban J connectivity index is 2.04. The minimum absolute atomic E-state index is 0.522. The maximum atomic E-state index is 13.0. The van der Waals surface area contributed by atoms with Crippen molar-refractivity contribution in [3.63, 3.8) is 0 Å². The van der Waals surface area contributed by atoms with Crippen LogP contribution in [-0.4, -0.2) is 18.8 Å². The van der Waals surface area contributed by atoms with Gasteiger partial charge in [-0.05, 0) is 37.6 Å². The van der Waals surface area contributed by atoms with Gasteiger partial charge in [0.15, 0.2) is 0 Å². The fourth-order valence-electron chi connectivity index (χ4n) is 2.69. The molecule has 2 aliphatic rings. The predicted octanol–water partition coefficient (Wildman–Crippen LogP) is 1.73. The fourth-order valence-corrected chi connectivity index (χ4v) is 2.69. The molecule has 0 aromatic rings. The van der Waals surface area contributed by atoms with Crippen LogP contribution in [0, 0.1) is 11.8 Å². The normalized spacial score (nSPS) is 50.7. The maximum Gasteiger partial charge on any atom is 0.101 e. The summed E-state index contributed by atoms with van der Waals surface area (Å²) in [4.78, 5) is 0. The Morgan fingerprint density at radius 3 is 3.00 bits per heavy atom. The first-order chi connectivity index (χ1) is 5.27. The third-order valence-corrected chi connectivity index (χ3v) is 3.20. The second-order valence-electron chi connectivity index (χ2n) is 4.07. The van der Waals surface area contributed by atoms with Gasteiger partial charge in [-0.2, -0.15) is 0 Å². The summed E-state index contributed by atoms with van der Waals surface area (Å²) in [7, 11) is 0. The molecule has 4 atom stereocenters. The summed E-state index contributed by atoms with van der Waals surface area (Å²) >= 11 is 0. The van der Waals surface area contributed by atoms with Crippen molar-refractivity contribution in [3.8, 4) is 0 Å². The van der Waals surface area contributed by atoms with Crippen LogP contribution < -0.4 is 5.32 Å². The van der Waals surface area contributed by atoms with Crippen LogP contribution in [0.15, 0.2) is 0 Å². The van der Waals surface area contributed by atoms with Gasteiger partial charge < -0.3 is 5.32 Å². The van der Waals surface area contributed by atoms with E-state index in [1.54, 1.807) is 0 Å². The van der Waals surface area contributed by atoms with Crippen LogP contribution in [0.5, 0.6) is 0 Å². The highest BCUT2D eigenvalue weighted by atomic mass is 19.1. The van der Waals surface area contributed by atoms with Gasteiger partial charge in [0.1, 0.15) is 6.17 Å². The minimum atomic E-state index is -0.522.